The molecular formula is C63H50N2Si. The van der Waals surface area contributed by atoms with Crippen LogP contribution in [0.15, 0.2) is 267 Å². The van der Waals surface area contributed by atoms with Crippen LogP contribution in [0.5, 0.6) is 0 Å². The van der Waals surface area contributed by atoms with Crippen LogP contribution in [0.2, 0.25) is 0 Å². The molecule has 0 aromatic heterocycles. The van der Waals surface area contributed by atoms with Crippen LogP contribution in [0.1, 0.15) is 25.0 Å². The van der Waals surface area contributed by atoms with Gasteiger partial charge in [-0.25, -0.2) is 0 Å². The third kappa shape index (κ3) is 6.97. The lowest BCUT2D eigenvalue weighted by atomic mass is 9.82. The minimum Gasteiger partial charge on any atom is -0.310 e. The zero-order valence-electron chi connectivity index (χ0n) is 37.3. The summed E-state index contributed by atoms with van der Waals surface area (Å²) in [5.74, 6) is 0. The van der Waals surface area contributed by atoms with Crippen molar-refractivity contribution in [2.75, 3.05) is 9.80 Å². The maximum Gasteiger partial charge on any atom is 0.179 e. The molecule has 1 aliphatic rings. The van der Waals surface area contributed by atoms with Crippen molar-refractivity contribution in [3.63, 3.8) is 0 Å². The lowest BCUT2D eigenvalue weighted by molar-refractivity contribution is 0.660. The van der Waals surface area contributed by atoms with E-state index in [-0.39, 0.29) is 5.41 Å². The Balaban J connectivity index is 1.33. The zero-order chi connectivity index (χ0) is 44.5. The summed E-state index contributed by atoms with van der Waals surface area (Å²) < 4.78 is 0. The Morgan fingerprint density at radius 1 is 0.303 bits per heavy atom. The van der Waals surface area contributed by atoms with Gasteiger partial charge in [0, 0.05) is 33.7 Å². The Morgan fingerprint density at radius 2 is 0.667 bits per heavy atom. The van der Waals surface area contributed by atoms with Crippen molar-refractivity contribution in [1.29, 1.82) is 0 Å². The van der Waals surface area contributed by atoms with Crippen molar-refractivity contribution in [2.24, 2.45) is 0 Å². The Bertz CT molecular complexity index is 3110. The lowest BCUT2D eigenvalue weighted by Crippen LogP contribution is -2.74. The maximum absolute atomic E-state index is 3.12. The number of fused-ring (bicyclic) bond motifs is 3. The molecule has 0 fully saturated rings. The summed E-state index contributed by atoms with van der Waals surface area (Å²) in [6.07, 6.45) is 0. The van der Waals surface area contributed by atoms with Gasteiger partial charge in [-0.05, 0) is 109 Å². The molecule has 0 amide bonds. The van der Waals surface area contributed by atoms with Crippen molar-refractivity contribution in [2.45, 2.75) is 19.3 Å². The van der Waals surface area contributed by atoms with E-state index in [1.165, 1.54) is 43.0 Å². The second-order valence-electron chi connectivity index (χ2n) is 17.7. The fourth-order valence-corrected chi connectivity index (χ4v) is 15.3. The highest BCUT2D eigenvalue weighted by atomic mass is 28.3. The van der Waals surface area contributed by atoms with E-state index in [9.17, 15) is 0 Å². The molecular weight excluding hydrogens is 813 g/mol. The molecule has 0 atom stereocenters. The zero-order valence-corrected chi connectivity index (χ0v) is 38.3. The number of rotatable bonds is 11. The van der Waals surface area contributed by atoms with Crippen LogP contribution >= 0.6 is 0 Å². The molecule has 0 saturated carbocycles. The van der Waals surface area contributed by atoms with Gasteiger partial charge in [0.2, 0.25) is 0 Å². The van der Waals surface area contributed by atoms with Crippen molar-refractivity contribution < 1.29 is 0 Å². The van der Waals surface area contributed by atoms with Crippen molar-refractivity contribution in [3.05, 3.63) is 278 Å². The number of hydrogen-bond acceptors (Lipinski definition) is 2. The molecule has 10 aromatic carbocycles. The Morgan fingerprint density at radius 3 is 1.12 bits per heavy atom. The van der Waals surface area contributed by atoms with Crippen LogP contribution in [0.3, 0.4) is 0 Å². The topological polar surface area (TPSA) is 6.48 Å². The third-order valence-corrected chi connectivity index (χ3v) is 18.3. The molecule has 0 heterocycles. The molecule has 3 heteroatoms. The molecule has 0 aliphatic heterocycles. The molecule has 10 aromatic rings. The molecule has 2 nitrogen and oxygen atoms in total. The first-order valence-electron chi connectivity index (χ1n) is 22.9. The first-order chi connectivity index (χ1) is 32.5. The SMILES string of the molecule is CC1(C)c2ccccc2-c2ccc(N(c3ccccc3)c3cc([Si](c4ccccc4)(c4ccccc4)c4ccccc4)cc(N(c4ccccc4)c4ccccc4)c3-c3ccccc3)cc21. The number of para-hydroxylation sites is 3. The van der Waals surface area contributed by atoms with E-state index < -0.39 is 8.07 Å². The fraction of sp³-hybridized carbons (Fsp3) is 0.0476. The molecule has 316 valence electrons. The van der Waals surface area contributed by atoms with Crippen LogP contribution in [-0.4, -0.2) is 8.07 Å². The van der Waals surface area contributed by atoms with E-state index >= 15 is 0 Å². The average molecular weight is 863 g/mol. The van der Waals surface area contributed by atoms with Gasteiger partial charge in [0.05, 0.1) is 11.4 Å². The number of anilines is 6. The average Bonchev–Trinajstić information content (AvgIpc) is 3.61. The van der Waals surface area contributed by atoms with Gasteiger partial charge in [-0.2, -0.15) is 0 Å². The quantitative estimate of drug-likeness (QED) is 0.0944. The summed E-state index contributed by atoms with van der Waals surface area (Å²) >= 11 is 0. The smallest absolute Gasteiger partial charge is 0.179 e. The van der Waals surface area contributed by atoms with Gasteiger partial charge in [-0.3, -0.25) is 0 Å². The normalized spacial score (nSPS) is 12.5. The van der Waals surface area contributed by atoms with Gasteiger partial charge in [0.1, 0.15) is 0 Å². The molecule has 0 unspecified atom stereocenters. The predicted molar refractivity (Wildman–Crippen MR) is 282 cm³/mol. The summed E-state index contributed by atoms with van der Waals surface area (Å²) in [5, 5.41) is 5.24. The van der Waals surface area contributed by atoms with E-state index in [2.05, 4.69) is 291 Å². The first-order valence-corrected chi connectivity index (χ1v) is 24.9. The van der Waals surface area contributed by atoms with Crippen molar-refractivity contribution in [3.8, 4) is 22.3 Å². The summed E-state index contributed by atoms with van der Waals surface area (Å²) in [4.78, 5) is 5.00. The molecule has 11 rings (SSSR count). The summed E-state index contributed by atoms with van der Waals surface area (Å²) in [6.45, 7) is 4.75. The molecule has 0 N–H and O–H groups in total. The van der Waals surface area contributed by atoms with Crippen LogP contribution in [0, 0.1) is 0 Å². The van der Waals surface area contributed by atoms with E-state index in [0.717, 1.165) is 45.3 Å². The fourth-order valence-electron chi connectivity index (χ4n) is 10.6. The monoisotopic (exact) mass is 862 g/mol. The van der Waals surface area contributed by atoms with E-state index in [1.54, 1.807) is 0 Å². The molecule has 66 heavy (non-hydrogen) atoms. The standard InChI is InChI=1S/C63H50N2Si/c1-63(2)58-41-25-24-40-56(58)57-43-42-51(44-59(57)63)65(50-32-16-6-17-33-50)61-46-55(66(52-34-18-7-19-35-52,53-36-20-8-21-37-53)54-38-22-9-23-39-54)45-60(62(61)47-26-10-3-11-27-47)64(48-28-12-4-13-29-48)49-30-14-5-15-31-49/h3-46H,1-2H3. The van der Waals surface area contributed by atoms with Crippen molar-refractivity contribution in [1.82, 2.24) is 0 Å². The van der Waals surface area contributed by atoms with Crippen LogP contribution < -0.4 is 30.5 Å². The van der Waals surface area contributed by atoms with Gasteiger partial charge < -0.3 is 9.80 Å². The molecule has 0 radical (unpaired) electrons. The molecule has 0 bridgehead atoms. The Labute approximate surface area is 390 Å². The van der Waals surface area contributed by atoms with Crippen LogP contribution in [0.4, 0.5) is 34.1 Å². The van der Waals surface area contributed by atoms with Crippen LogP contribution in [-0.2, 0) is 5.41 Å². The second kappa shape index (κ2) is 17.2. The molecule has 0 saturated heterocycles. The first kappa shape index (κ1) is 40.8. The minimum absolute atomic E-state index is 0.188. The summed E-state index contributed by atoms with van der Waals surface area (Å²) in [7, 11) is -3.12. The largest absolute Gasteiger partial charge is 0.310 e. The Hall–Kier alpha value is -7.98. The van der Waals surface area contributed by atoms with Crippen molar-refractivity contribution >= 4 is 62.9 Å². The molecule has 1 aliphatic carbocycles. The highest BCUT2D eigenvalue weighted by Crippen LogP contribution is 2.53. The molecule has 0 spiro atoms. The van der Waals surface area contributed by atoms with Gasteiger partial charge in [-0.15, -0.1) is 0 Å². The van der Waals surface area contributed by atoms with Gasteiger partial charge in [-0.1, -0.05) is 220 Å². The second-order valence-corrected chi connectivity index (χ2v) is 21.5. The van der Waals surface area contributed by atoms with Gasteiger partial charge in [0.25, 0.3) is 0 Å². The van der Waals surface area contributed by atoms with E-state index in [4.69, 9.17) is 0 Å². The Kier molecular flexibility index (Phi) is 10.6. The highest BCUT2D eigenvalue weighted by molar-refractivity contribution is 7.20. The van der Waals surface area contributed by atoms with Gasteiger partial charge in [0.15, 0.2) is 8.07 Å². The minimum atomic E-state index is -3.12. The summed E-state index contributed by atoms with van der Waals surface area (Å²) in [6, 6.07) is 98.8. The number of hydrogen-bond donors (Lipinski definition) is 0. The maximum atomic E-state index is 2.55. The lowest BCUT2D eigenvalue weighted by Gasteiger charge is -2.39. The number of benzene rings is 10. The highest BCUT2D eigenvalue weighted by Gasteiger charge is 2.43. The van der Waals surface area contributed by atoms with Crippen LogP contribution in [0.25, 0.3) is 22.3 Å². The predicted octanol–water partition coefficient (Wildman–Crippen LogP) is 14.0. The third-order valence-electron chi connectivity index (χ3n) is 13.6. The number of nitrogens with zero attached hydrogens (tertiary/aromatic N) is 2. The van der Waals surface area contributed by atoms with E-state index in [1.807, 2.05) is 0 Å². The summed E-state index contributed by atoms with van der Waals surface area (Å²) in [5.41, 5.74) is 13.9. The van der Waals surface area contributed by atoms with Gasteiger partial charge >= 0.3 is 0 Å². The van der Waals surface area contributed by atoms with E-state index in [0.29, 0.717) is 0 Å².